The minimum atomic E-state index is -0.345. The van der Waals surface area contributed by atoms with Crippen molar-refractivity contribution in [2.45, 2.75) is 13.8 Å². The molecular weight excluding hydrogens is 455 g/mol. The van der Waals surface area contributed by atoms with E-state index in [1.165, 1.54) is 16.9 Å². The van der Waals surface area contributed by atoms with Crippen molar-refractivity contribution in [2.75, 3.05) is 11.9 Å². The second-order valence-electron chi connectivity index (χ2n) is 6.88. The highest BCUT2D eigenvalue weighted by atomic mass is 35.5. The summed E-state index contributed by atoms with van der Waals surface area (Å²) in [6, 6.07) is 14.8. The summed E-state index contributed by atoms with van der Waals surface area (Å²) >= 11 is 13.4. The Hall–Kier alpha value is -2.87. The van der Waals surface area contributed by atoms with E-state index in [1.807, 2.05) is 43.5 Å². The van der Waals surface area contributed by atoms with Crippen LogP contribution in [0.4, 0.5) is 5.82 Å². The highest BCUT2D eigenvalue weighted by molar-refractivity contribution is 7.12. The Balaban J connectivity index is 1.48. The summed E-state index contributed by atoms with van der Waals surface area (Å²) in [7, 11) is 0. The molecule has 9 heteroatoms. The second kappa shape index (κ2) is 9.09. The van der Waals surface area contributed by atoms with Crippen molar-refractivity contribution < 1.29 is 9.53 Å². The lowest BCUT2D eigenvalue weighted by molar-refractivity contribution is -0.118. The first-order valence-corrected chi connectivity index (χ1v) is 11.0. The Labute approximate surface area is 193 Å². The molecule has 6 nitrogen and oxygen atoms in total. The molecule has 158 valence electrons. The summed E-state index contributed by atoms with van der Waals surface area (Å²) in [6.45, 7) is 3.69. The number of carbonyl (C=O) groups is 1. The zero-order chi connectivity index (χ0) is 22.0. The number of hydrogen-bond donors (Lipinski definition) is 1. The van der Waals surface area contributed by atoms with Crippen LogP contribution in [-0.4, -0.2) is 27.3 Å². The molecule has 0 fully saturated rings. The van der Waals surface area contributed by atoms with Crippen LogP contribution in [0.25, 0.3) is 16.4 Å². The Morgan fingerprint density at radius 2 is 1.90 bits per heavy atom. The molecule has 1 amide bonds. The fourth-order valence-corrected chi connectivity index (χ4v) is 4.13. The van der Waals surface area contributed by atoms with Crippen LogP contribution in [0.15, 0.2) is 53.9 Å². The molecule has 0 radical (unpaired) electrons. The van der Waals surface area contributed by atoms with E-state index in [1.54, 1.807) is 28.9 Å². The van der Waals surface area contributed by atoms with Crippen LogP contribution in [-0.2, 0) is 4.79 Å². The van der Waals surface area contributed by atoms with Gasteiger partial charge in [-0.15, -0.1) is 11.3 Å². The molecule has 31 heavy (non-hydrogen) atoms. The standard InChI is InChI=1S/C22H18Cl2N4O2S/c1-13-3-5-15(6-4-13)18-12-31-22(25-18)28-20(9-14(2)27-28)26-21(29)11-30-19-8-7-16(23)10-17(19)24/h3-10,12H,11H2,1-2H3,(H,26,29). The SMILES string of the molecule is Cc1ccc(-c2csc(-n3nc(C)cc3NC(=O)COc3ccc(Cl)cc3Cl)n2)cc1. The quantitative estimate of drug-likeness (QED) is 0.377. The first-order chi connectivity index (χ1) is 14.9. The van der Waals surface area contributed by atoms with Gasteiger partial charge in [-0.05, 0) is 32.0 Å². The Bertz CT molecular complexity index is 1230. The van der Waals surface area contributed by atoms with Gasteiger partial charge in [0.1, 0.15) is 11.6 Å². The van der Waals surface area contributed by atoms with E-state index in [4.69, 9.17) is 27.9 Å². The lowest BCUT2D eigenvalue weighted by Gasteiger charge is -2.09. The number of halogens is 2. The molecule has 4 rings (SSSR count). The molecule has 0 unspecified atom stereocenters. The van der Waals surface area contributed by atoms with Crippen molar-refractivity contribution in [1.29, 1.82) is 0 Å². The number of ether oxygens (including phenoxy) is 1. The van der Waals surface area contributed by atoms with Crippen LogP contribution < -0.4 is 10.1 Å². The minimum Gasteiger partial charge on any atom is -0.482 e. The third-order valence-corrected chi connectivity index (χ3v) is 5.72. The van der Waals surface area contributed by atoms with Gasteiger partial charge in [0.15, 0.2) is 6.61 Å². The lowest BCUT2D eigenvalue weighted by atomic mass is 10.1. The average molecular weight is 473 g/mol. The third kappa shape index (κ3) is 5.07. The van der Waals surface area contributed by atoms with E-state index in [0.717, 1.165) is 17.0 Å². The van der Waals surface area contributed by atoms with Crippen LogP contribution in [0.5, 0.6) is 5.75 Å². The van der Waals surface area contributed by atoms with Gasteiger partial charge in [0.2, 0.25) is 5.13 Å². The largest absolute Gasteiger partial charge is 0.482 e. The fraction of sp³-hybridized carbons (Fsp3) is 0.136. The molecular formula is C22H18Cl2N4O2S. The van der Waals surface area contributed by atoms with Crippen molar-refractivity contribution in [3.63, 3.8) is 0 Å². The first kappa shape index (κ1) is 21.4. The number of nitrogens with zero attached hydrogens (tertiary/aromatic N) is 3. The number of nitrogens with one attached hydrogen (secondary N) is 1. The summed E-state index contributed by atoms with van der Waals surface area (Å²) in [5.74, 6) is 0.550. The Morgan fingerprint density at radius 3 is 2.65 bits per heavy atom. The number of amides is 1. The topological polar surface area (TPSA) is 69.0 Å². The molecule has 0 spiro atoms. The van der Waals surface area contributed by atoms with Gasteiger partial charge in [0.25, 0.3) is 5.91 Å². The highest BCUT2D eigenvalue weighted by Crippen LogP contribution is 2.28. The Kier molecular flexibility index (Phi) is 6.27. The molecule has 0 aliphatic heterocycles. The molecule has 0 aliphatic carbocycles. The maximum absolute atomic E-state index is 12.5. The summed E-state index contributed by atoms with van der Waals surface area (Å²) in [5, 5.41) is 10.7. The smallest absolute Gasteiger partial charge is 0.263 e. The van der Waals surface area contributed by atoms with Crippen LogP contribution in [0.3, 0.4) is 0 Å². The molecule has 2 aromatic carbocycles. The zero-order valence-corrected chi connectivity index (χ0v) is 19.1. The molecule has 0 aliphatic rings. The number of thiazole rings is 1. The van der Waals surface area contributed by atoms with Crippen molar-refractivity contribution in [3.8, 4) is 22.1 Å². The van der Waals surface area contributed by atoms with Crippen molar-refractivity contribution >= 4 is 46.3 Å². The number of benzene rings is 2. The number of aryl methyl sites for hydroxylation is 2. The van der Waals surface area contributed by atoms with Gasteiger partial charge in [-0.3, -0.25) is 4.79 Å². The minimum absolute atomic E-state index is 0.210. The van der Waals surface area contributed by atoms with Crippen molar-refractivity contribution in [2.24, 2.45) is 0 Å². The van der Waals surface area contributed by atoms with E-state index in [-0.39, 0.29) is 12.5 Å². The van der Waals surface area contributed by atoms with Gasteiger partial charge < -0.3 is 10.1 Å². The average Bonchev–Trinajstić information content (AvgIpc) is 3.34. The molecule has 2 heterocycles. The molecule has 0 saturated heterocycles. The number of hydrogen-bond acceptors (Lipinski definition) is 5. The predicted molar refractivity (Wildman–Crippen MR) is 125 cm³/mol. The van der Waals surface area contributed by atoms with E-state index in [9.17, 15) is 4.79 Å². The highest BCUT2D eigenvalue weighted by Gasteiger charge is 2.15. The predicted octanol–water partition coefficient (Wildman–Crippen LogP) is 5.94. The second-order valence-corrected chi connectivity index (χ2v) is 8.56. The lowest BCUT2D eigenvalue weighted by Crippen LogP contribution is -2.22. The van der Waals surface area contributed by atoms with E-state index < -0.39 is 0 Å². The number of carbonyl (C=O) groups excluding carboxylic acids is 1. The summed E-state index contributed by atoms with van der Waals surface area (Å²) < 4.78 is 7.12. The van der Waals surface area contributed by atoms with Gasteiger partial charge in [-0.1, -0.05) is 53.0 Å². The molecule has 0 bridgehead atoms. The number of rotatable bonds is 6. The van der Waals surface area contributed by atoms with Gasteiger partial charge in [-0.2, -0.15) is 9.78 Å². The van der Waals surface area contributed by atoms with Crippen LogP contribution in [0.2, 0.25) is 10.0 Å². The zero-order valence-electron chi connectivity index (χ0n) is 16.7. The Morgan fingerprint density at radius 1 is 1.13 bits per heavy atom. The summed E-state index contributed by atoms with van der Waals surface area (Å²) in [5.41, 5.74) is 3.82. The maximum atomic E-state index is 12.5. The number of aromatic nitrogens is 3. The van der Waals surface area contributed by atoms with Crippen LogP contribution >= 0.6 is 34.5 Å². The molecule has 0 saturated carbocycles. The van der Waals surface area contributed by atoms with Gasteiger partial charge in [0.05, 0.1) is 16.4 Å². The summed E-state index contributed by atoms with van der Waals surface area (Å²) in [4.78, 5) is 17.1. The van der Waals surface area contributed by atoms with Gasteiger partial charge >= 0.3 is 0 Å². The van der Waals surface area contributed by atoms with Crippen LogP contribution in [0, 0.1) is 13.8 Å². The molecule has 4 aromatic rings. The summed E-state index contributed by atoms with van der Waals surface area (Å²) in [6.07, 6.45) is 0. The molecule has 0 atom stereocenters. The molecule has 1 N–H and O–H groups in total. The molecule has 2 aromatic heterocycles. The maximum Gasteiger partial charge on any atom is 0.263 e. The fourth-order valence-electron chi connectivity index (χ4n) is 2.87. The van der Waals surface area contributed by atoms with Gasteiger partial charge in [-0.25, -0.2) is 4.98 Å². The normalized spacial score (nSPS) is 10.8. The van der Waals surface area contributed by atoms with Crippen molar-refractivity contribution in [1.82, 2.24) is 14.8 Å². The third-order valence-electron chi connectivity index (χ3n) is 4.37. The van der Waals surface area contributed by atoms with E-state index >= 15 is 0 Å². The van der Waals surface area contributed by atoms with E-state index in [0.29, 0.717) is 26.7 Å². The van der Waals surface area contributed by atoms with Crippen molar-refractivity contribution in [3.05, 3.63) is 75.2 Å². The number of anilines is 1. The van der Waals surface area contributed by atoms with Crippen LogP contribution in [0.1, 0.15) is 11.3 Å². The first-order valence-electron chi connectivity index (χ1n) is 9.36. The van der Waals surface area contributed by atoms with Gasteiger partial charge in [0, 0.05) is 22.0 Å². The van der Waals surface area contributed by atoms with E-state index in [2.05, 4.69) is 15.4 Å². The monoisotopic (exact) mass is 472 g/mol.